The lowest BCUT2D eigenvalue weighted by Crippen LogP contribution is -2.51. The van der Waals surface area contributed by atoms with Crippen molar-refractivity contribution in [3.05, 3.63) is 24.2 Å². The average molecular weight is 206 g/mol. The summed E-state index contributed by atoms with van der Waals surface area (Å²) in [6, 6.07) is 3.32. The van der Waals surface area contributed by atoms with Crippen molar-refractivity contribution in [3.8, 4) is 0 Å². The summed E-state index contributed by atoms with van der Waals surface area (Å²) in [5, 5.41) is 0. The molecule has 0 aromatic carbocycles. The van der Waals surface area contributed by atoms with Crippen LogP contribution in [0.2, 0.25) is 0 Å². The zero-order valence-corrected chi connectivity index (χ0v) is 7.76. The maximum absolute atomic E-state index is 11.2. The largest absolute Gasteiger partial charge is 0.622 e. The molecular weight excluding hydrogens is 199 g/mol. The Labute approximate surface area is 85.3 Å². The normalized spacial score (nSPS) is 22.5. The molecule has 1 aromatic heterocycles. The molecule has 5 nitrogen and oxygen atoms in total. The van der Waals surface area contributed by atoms with E-state index < -0.39 is 6.55 Å². The smallest absolute Gasteiger partial charge is 0.608 e. The molecule has 0 aliphatic carbocycles. The molecule has 0 amide bonds. The Morgan fingerprint density at radius 1 is 1.20 bits per heavy atom. The Balaban J connectivity index is 2.07. The van der Waals surface area contributed by atoms with Gasteiger partial charge in [0.1, 0.15) is 12.8 Å². The predicted octanol–water partition coefficient (Wildman–Crippen LogP) is -0.0637. The van der Waals surface area contributed by atoms with Crippen LogP contribution in [0.25, 0.3) is 0 Å². The third-order valence-electron chi connectivity index (χ3n) is 2.79. The second kappa shape index (κ2) is 2.59. The summed E-state index contributed by atoms with van der Waals surface area (Å²) in [6.45, 7) is -2.11. The van der Waals surface area contributed by atoms with Crippen molar-refractivity contribution in [2.24, 2.45) is 0 Å². The standard InChI is InChI=1S/C9H7BO5/c11-8-4-6-5-9(12)15-10(6,14-8)7-2-1-3-13-7/h1-3H,4-5H2. The average Bonchev–Trinajstić information content (AvgIpc) is 2.77. The third kappa shape index (κ3) is 1.01. The fraction of sp³-hybridized carbons (Fsp3) is 0.222. The maximum atomic E-state index is 11.2. The highest BCUT2D eigenvalue weighted by Crippen LogP contribution is 2.39. The number of carbonyl (C=O) groups excluding carboxylic acids is 2. The van der Waals surface area contributed by atoms with Gasteiger partial charge in [0.2, 0.25) is 0 Å². The highest BCUT2D eigenvalue weighted by molar-refractivity contribution is 6.90. The molecule has 0 atom stereocenters. The molecule has 0 spiro atoms. The second-order valence-electron chi connectivity index (χ2n) is 3.72. The summed E-state index contributed by atoms with van der Waals surface area (Å²) in [6.07, 6.45) is 1.75. The summed E-state index contributed by atoms with van der Waals surface area (Å²) in [7, 11) is 0. The van der Waals surface area contributed by atoms with E-state index in [9.17, 15) is 9.59 Å². The fourth-order valence-corrected chi connectivity index (χ4v) is 2.17. The van der Waals surface area contributed by atoms with Gasteiger partial charge >= 0.3 is 18.5 Å². The molecule has 1 aromatic rings. The highest BCUT2D eigenvalue weighted by Gasteiger charge is 2.67. The monoisotopic (exact) mass is 206 g/mol. The molecule has 76 valence electrons. The van der Waals surface area contributed by atoms with Gasteiger partial charge in [-0.25, -0.2) is 0 Å². The van der Waals surface area contributed by atoms with Crippen LogP contribution in [0.3, 0.4) is 0 Å². The van der Waals surface area contributed by atoms with E-state index in [1.807, 2.05) is 0 Å². The first-order valence-electron chi connectivity index (χ1n) is 4.67. The van der Waals surface area contributed by atoms with Gasteiger partial charge in [0, 0.05) is 5.82 Å². The summed E-state index contributed by atoms with van der Waals surface area (Å²) >= 11 is 0. The van der Waals surface area contributed by atoms with E-state index >= 15 is 0 Å². The Morgan fingerprint density at radius 2 is 1.87 bits per heavy atom. The van der Waals surface area contributed by atoms with Crippen LogP contribution < -0.4 is 5.66 Å². The van der Waals surface area contributed by atoms with E-state index in [-0.39, 0.29) is 24.8 Å². The Morgan fingerprint density at radius 3 is 2.40 bits per heavy atom. The molecule has 0 saturated carbocycles. The molecule has 3 heterocycles. The number of hydrogen-bond donors (Lipinski definition) is 0. The van der Waals surface area contributed by atoms with Crippen molar-refractivity contribution >= 4 is 24.1 Å². The predicted molar refractivity (Wildman–Crippen MR) is 48.8 cm³/mol. The Bertz CT molecular complexity index is 404. The van der Waals surface area contributed by atoms with Gasteiger partial charge in [-0.3, -0.25) is 9.59 Å². The molecule has 2 aliphatic heterocycles. The van der Waals surface area contributed by atoms with Crippen LogP contribution >= 0.6 is 0 Å². The van der Waals surface area contributed by atoms with Crippen LogP contribution in [0, 0.1) is 5.82 Å². The van der Waals surface area contributed by atoms with Gasteiger partial charge in [-0.1, -0.05) is 0 Å². The molecule has 0 bridgehead atoms. The molecule has 2 saturated heterocycles. The first-order valence-corrected chi connectivity index (χ1v) is 4.67. The minimum absolute atomic E-state index is 0.145. The summed E-state index contributed by atoms with van der Waals surface area (Å²) in [5.74, 6) is -0.0530. The molecule has 0 radical (unpaired) electrons. The SMILES string of the molecule is O=C1C[C+]2CC(=O)O[B-]2(c2ccco2)O1. The molecule has 2 fully saturated rings. The van der Waals surface area contributed by atoms with Gasteiger partial charge in [0.25, 0.3) is 0 Å². The van der Waals surface area contributed by atoms with Crippen molar-refractivity contribution in [3.63, 3.8) is 0 Å². The number of furan rings is 1. The van der Waals surface area contributed by atoms with E-state index in [1.54, 1.807) is 12.1 Å². The zero-order valence-electron chi connectivity index (χ0n) is 7.76. The highest BCUT2D eigenvalue weighted by atomic mass is 16.7. The summed E-state index contributed by atoms with van der Waals surface area (Å²) in [4.78, 5) is 22.4. The van der Waals surface area contributed by atoms with Gasteiger partial charge in [-0.2, -0.15) is 0 Å². The number of rotatable bonds is 1. The molecule has 3 rings (SSSR count). The number of hydrogen-bond acceptors (Lipinski definition) is 5. The van der Waals surface area contributed by atoms with Crippen molar-refractivity contribution < 1.29 is 23.3 Å². The van der Waals surface area contributed by atoms with Crippen LogP contribution in [0.4, 0.5) is 0 Å². The zero-order chi connectivity index (χ0) is 10.5. The van der Waals surface area contributed by atoms with Gasteiger partial charge in [-0.05, 0) is 12.1 Å². The van der Waals surface area contributed by atoms with E-state index in [2.05, 4.69) is 0 Å². The summed E-state index contributed by atoms with van der Waals surface area (Å²) < 4.78 is 15.4. The number of carbonyl (C=O) groups is 2. The first-order chi connectivity index (χ1) is 7.21. The lowest BCUT2D eigenvalue weighted by molar-refractivity contribution is -0.138. The minimum atomic E-state index is -2.11. The summed E-state index contributed by atoms with van der Waals surface area (Å²) in [5.41, 5.74) is 0.404. The van der Waals surface area contributed by atoms with Gasteiger partial charge in [0.05, 0.1) is 11.9 Å². The van der Waals surface area contributed by atoms with Crippen LogP contribution in [-0.2, 0) is 18.9 Å². The Kier molecular flexibility index (Phi) is 1.46. The van der Waals surface area contributed by atoms with Crippen molar-refractivity contribution in [1.29, 1.82) is 0 Å². The minimum Gasteiger partial charge on any atom is -0.608 e. The third-order valence-corrected chi connectivity index (χ3v) is 2.79. The van der Waals surface area contributed by atoms with Crippen LogP contribution in [-0.4, -0.2) is 18.5 Å². The van der Waals surface area contributed by atoms with E-state index in [4.69, 9.17) is 13.7 Å². The van der Waals surface area contributed by atoms with E-state index in [0.717, 1.165) is 0 Å². The van der Waals surface area contributed by atoms with Crippen molar-refractivity contribution in [1.82, 2.24) is 0 Å². The van der Waals surface area contributed by atoms with Gasteiger partial charge in [0.15, 0.2) is 0 Å². The van der Waals surface area contributed by atoms with Gasteiger partial charge in [-0.15, -0.1) is 0 Å². The molecular formula is C9H7BO5. The molecule has 0 unspecified atom stereocenters. The first kappa shape index (κ1) is 8.46. The second-order valence-corrected chi connectivity index (χ2v) is 3.72. The van der Waals surface area contributed by atoms with E-state index in [1.165, 1.54) is 6.26 Å². The quantitative estimate of drug-likeness (QED) is 0.475. The molecule has 0 N–H and O–H groups in total. The topological polar surface area (TPSA) is 65.7 Å². The lowest BCUT2D eigenvalue weighted by atomic mass is 9.47. The van der Waals surface area contributed by atoms with Crippen LogP contribution in [0.1, 0.15) is 12.8 Å². The Hall–Kier alpha value is -1.85. The van der Waals surface area contributed by atoms with Crippen molar-refractivity contribution in [2.45, 2.75) is 12.8 Å². The number of fused-ring (bicyclic) bond motifs is 1. The van der Waals surface area contributed by atoms with E-state index in [0.29, 0.717) is 11.5 Å². The molecule has 6 heteroatoms. The lowest BCUT2D eigenvalue weighted by Gasteiger charge is -2.21. The molecule has 2 aliphatic rings. The molecule has 15 heavy (non-hydrogen) atoms. The fourth-order valence-electron chi connectivity index (χ4n) is 2.17. The van der Waals surface area contributed by atoms with Crippen LogP contribution in [0.5, 0.6) is 0 Å². The van der Waals surface area contributed by atoms with Gasteiger partial charge < -0.3 is 13.7 Å². The van der Waals surface area contributed by atoms with Crippen LogP contribution in [0.15, 0.2) is 22.8 Å². The maximum Gasteiger partial charge on any atom is 0.622 e. The van der Waals surface area contributed by atoms with Crippen molar-refractivity contribution in [2.75, 3.05) is 0 Å².